The second-order valence-electron chi connectivity index (χ2n) is 9.29. The molecule has 0 spiro atoms. The van der Waals surface area contributed by atoms with Crippen molar-refractivity contribution in [3.63, 3.8) is 0 Å². The Morgan fingerprint density at radius 3 is 2.66 bits per heavy atom. The number of nitrogens with zero attached hydrogens (tertiary/aromatic N) is 4. The molecule has 11 heteroatoms. The van der Waals surface area contributed by atoms with Crippen molar-refractivity contribution in [3.05, 3.63) is 53.5 Å². The molecule has 1 aliphatic carbocycles. The average molecular weight is 490 g/mol. The van der Waals surface area contributed by atoms with Gasteiger partial charge in [0.25, 0.3) is 5.91 Å². The normalized spacial score (nSPS) is 23.6. The number of ether oxygens (including phenoxy) is 1. The number of aliphatic hydroxyl groups excluding tert-OH is 1. The maximum absolute atomic E-state index is 13.0. The average Bonchev–Trinajstić information content (AvgIpc) is 3.63. The Bertz CT molecular complexity index is 1110. The Balaban J connectivity index is 1.24. The van der Waals surface area contributed by atoms with E-state index >= 15 is 0 Å². The van der Waals surface area contributed by atoms with Crippen molar-refractivity contribution >= 4 is 11.8 Å². The molecule has 186 valence electrons. The molecule has 0 radical (unpaired) electrons. The van der Waals surface area contributed by atoms with Crippen LogP contribution in [0.1, 0.15) is 54.5 Å². The van der Waals surface area contributed by atoms with Gasteiger partial charge in [0.15, 0.2) is 6.10 Å². The molecule has 2 aromatic rings. The van der Waals surface area contributed by atoms with E-state index in [1.807, 2.05) is 0 Å². The number of rotatable bonds is 5. The molecule has 3 unspecified atom stereocenters. The second-order valence-corrected chi connectivity index (χ2v) is 9.29. The third-order valence-electron chi connectivity index (χ3n) is 6.73. The zero-order valence-corrected chi connectivity index (χ0v) is 18.8. The fourth-order valence-corrected chi connectivity index (χ4v) is 4.71. The Kier molecular flexibility index (Phi) is 6.12. The number of carbonyl (C=O) groups is 2. The van der Waals surface area contributed by atoms with Gasteiger partial charge < -0.3 is 19.6 Å². The van der Waals surface area contributed by atoms with E-state index < -0.39 is 23.8 Å². The van der Waals surface area contributed by atoms with Crippen LogP contribution in [0.2, 0.25) is 0 Å². The van der Waals surface area contributed by atoms with Gasteiger partial charge in [0.05, 0.1) is 36.2 Å². The van der Waals surface area contributed by atoms with Crippen molar-refractivity contribution in [3.8, 4) is 5.88 Å². The smallest absolute Gasteiger partial charge is 0.416 e. The molecule has 1 aromatic heterocycles. The molecule has 2 aliphatic heterocycles. The third-order valence-corrected chi connectivity index (χ3v) is 6.73. The van der Waals surface area contributed by atoms with E-state index in [1.54, 1.807) is 17.3 Å². The highest BCUT2D eigenvalue weighted by atomic mass is 19.4. The first kappa shape index (κ1) is 23.5. The van der Waals surface area contributed by atoms with Crippen molar-refractivity contribution in [2.24, 2.45) is 0 Å². The number of carbonyl (C=O) groups excluding carboxylic acids is 2. The number of halogens is 3. The van der Waals surface area contributed by atoms with E-state index in [4.69, 9.17) is 4.74 Å². The minimum Gasteiger partial charge on any atom is -0.471 e. The van der Waals surface area contributed by atoms with Crippen LogP contribution in [0.4, 0.5) is 13.2 Å². The van der Waals surface area contributed by atoms with Crippen LogP contribution in [-0.4, -0.2) is 68.5 Å². The van der Waals surface area contributed by atoms with Gasteiger partial charge in [-0.2, -0.15) is 13.2 Å². The number of aliphatic hydroxyl groups is 1. The third kappa shape index (κ3) is 5.09. The molecule has 0 bridgehead atoms. The van der Waals surface area contributed by atoms with Crippen LogP contribution in [0, 0.1) is 0 Å². The van der Waals surface area contributed by atoms with Crippen molar-refractivity contribution in [1.82, 2.24) is 19.8 Å². The van der Waals surface area contributed by atoms with Gasteiger partial charge in [0, 0.05) is 31.8 Å². The molecule has 3 atom stereocenters. The first-order chi connectivity index (χ1) is 16.7. The van der Waals surface area contributed by atoms with Crippen LogP contribution in [0.5, 0.6) is 5.88 Å². The summed E-state index contributed by atoms with van der Waals surface area (Å²) in [7, 11) is 0. The zero-order valence-electron chi connectivity index (χ0n) is 18.8. The number of fused-ring (bicyclic) bond motifs is 1. The highest BCUT2D eigenvalue weighted by Crippen LogP contribution is 2.38. The van der Waals surface area contributed by atoms with Gasteiger partial charge >= 0.3 is 6.18 Å². The summed E-state index contributed by atoms with van der Waals surface area (Å²) < 4.78 is 45.1. The van der Waals surface area contributed by atoms with E-state index in [-0.39, 0.29) is 43.1 Å². The minimum absolute atomic E-state index is 0.0557. The number of hydrogen-bond donors (Lipinski definition) is 1. The molecule has 1 N–H and O–H groups in total. The molecule has 3 aliphatic rings. The lowest BCUT2D eigenvalue weighted by molar-refractivity contribution is -0.142. The molecular formula is C24H25F3N4O4. The number of alkyl halides is 3. The standard InChI is InChI=1S/C24H25F3N4O4/c25-24(26,27)16-3-1-2-15(8-16)22(33)23(34)30-7-6-21(32)31-13-18(9-17(31)12-30)35-20-11-28-19(10-29-20)14-4-5-14/h1-3,8,10-11,14,17-18,22,33H,4-7,9,12-13H2. The number of aromatic nitrogens is 2. The quantitative estimate of drug-likeness (QED) is 0.693. The highest BCUT2D eigenvalue weighted by Gasteiger charge is 2.41. The van der Waals surface area contributed by atoms with Crippen LogP contribution < -0.4 is 4.74 Å². The van der Waals surface area contributed by atoms with Gasteiger partial charge in [0.1, 0.15) is 6.10 Å². The van der Waals surface area contributed by atoms with Gasteiger partial charge in [-0.15, -0.1) is 0 Å². The van der Waals surface area contributed by atoms with Crippen LogP contribution >= 0.6 is 0 Å². The van der Waals surface area contributed by atoms with Crippen molar-refractivity contribution in [1.29, 1.82) is 0 Å². The SMILES string of the molecule is O=C(C(O)c1cccc(C(F)(F)F)c1)N1CCC(=O)N2CC(Oc3cnc(C4CC4)cn3)CC2C1. The molecule has 8 nitrogen and oxygen atoms in total. The van der Waals surface area contributed by atoms with Gasteiger partial charge in [0.2, 0.25) is 11.8 Å². The summed E-state index contributed by atoms with van der Waals surface area (Å²) in [5.41, 5.74) is -0.137. The lowest BCUT2D eigenvalue weighted by atomic mass is 10.0. The van der Waals surface area contributed by atoms with Gasteiger partial charge in [-0.3, -0.25) is 14.6 Å². The first-order valence-electron chi connectivity index (χ1n) is 11.6. The molecule has 2 saturated heterocycles. The summed E-state index contributed by atoms with van der Waals surface area (Å²) in [6, 6.07) is 3.76. The molecule has 5 rings (SSSR count). The summed E-state index contributed by atoms with van der Waals surface area (Å²) >= 11 is 0. The second kappa shape index (κ2) is 9.10. The van der Waals surface area contributed by atoms with Crippen LogP contribution in [0.15, 0.2) is 36.7 Å². The molecule has 35 heavy (non-hydrogen) atoms. The van der Waals surface area contributed by atoms with Gasteiger partial charge in [-0.05, 0) is 30.5 Å². The summed E-state index contributed by atoms with van der Waals surface area (Å²) in [6.07, 6.45) is -0.624. The number of hydrogen-bond acceptors (Lipinski definition) is 6. The van der Waals surface area contributed by atoms with E-state index in [2.05, 4.69) is 9.97 Å². The van der Waals surface area contributed by atoms with E-state index in [1.165, 1.54) is 11.0 Å². The summed E-state index contributed by atoms with van der Waals surface area (Å²) in [5, 5.41) is 10.5. The molecule has 3 heterocycles. The van der Waals surface area contributed by atoms with Crippen LogP contribution in [0.25, 0.3) is 0 Å². The maximum Gasteiger partial charge on any atom is 0.416 e. The summed E-state index contributed by atoms with van der Waals surface area (Å²) in [6.45, 7) is 0.584. The summed E-state index contributed by atoms with van der Waals surface area (Å²) in [4.78, 5) is 37.4. The predicted octanol–water partition coefficient (Wildman–Crippen LogP) is 2.69. The molecular weight excluding hydrogens is 465 g/mol. The largest absolute Gasteiger partial charge is 0.471 e. The van der Waals surface area contributed by atoms with Gasteiger partial charge in [-0.25, -0.2) is 4.98 Å². The number of benzene rings is 1. The minimum atomic E-state index is -4.59. The Hall–Kier alpha value is -3.21. The Morgan fingerprint density at radius 2 is 1.97 bits per heavy atom. The lowest BCUT2D eigenvalue weighted by Crippen LogP contribution is -2.42. The fourth-order valence-electron chi connectivity index (χ4n) is 4.71. The zero-order chi connectivity index (χ0) is 24.7. The predicted molar refractivity (Wildman–Crippen MR) is 116 cm³/mol. The Morgan fingerprint density at radius 1 is 1.17 bits per heavy atom. The molecule has 1 aromatic carbocycles. The highest BCUT2D eigenvalue weighted by molar-refractivity contribution is 5.84. The van der Waals surface area contributed by atoms with E-state index in [9.17, 15) is 27.9 Å². The topological polar surface area (TPSA) is 95.9 Å². The fraction of sp³-hybridized carbons (Fsp3) is 0.500. The van der Waals surface area contributed by atoms with Crippen LogP contribution in [0.3, 0.4) is 0 Å². The molecule has 2 amide bonds. The van der Waals surface area contributed by atoms with Gasteiger partial charge in [-0.1, -0.05) is 12.1 Å². The molecule has 3 fully saturated rings. The van der Waals surface area contributed by atoms with Crippen molar-refractivity contribution in [2.75, 3.05) is 19.6 Å². The molecule has 1 saturated carbocycles. The van der Waals surface area contributed by atoms with Crippen molar-refractivity contribution in [2.45, 2.75) is 56.0 Å². The van der Waals surface area contributed by atoms with E-state index in [0.717, 1.165) is 36.7 Å². The van der Waals surface area contributed by atoms with E-state index in [0.29, 0.717) is 24.8 Å². The lowest BCUT2D eigenvalue weighted by Gasteiger charge is -2.27. The van der Waals surface area contributed by atoms with Crippen molar-refractivity contribution < 1.29 is 32.6 Å². The Labute approximate surface area is 199 Å². The number of amides is 2. The first-order valence-corrected chi connectivity index (χ1v) is 11.6. The summed E-state index contributed by atoms with van der Waals surface area (Å²) in [5.74, 6) is -0.0180. The maximum atomic E-state index is 13.0. The monoisotopic (exact) mass is 490 g/mol. The van der Waals surface area contributed by atoms with Crippen LogP contribution in [-0.2, 0) is 15.8 Å².